The molecular formula is C24H35NO. The smallest absolute Gasteiger partial charge is 0.119 e. The predicted octanol–water partition coefficient (Wildman–Crippen LogP) is 5.96. The van der Waals surface area contributed by atoms with Gasteiger partial charge >= 0.3 is 0 Å². The van der Waals surface area contributed by atoms with Crippen molar-refractivity contribution >= 4 is 0 Å². The lowest BCUT2D eigenvalue weighted by Gasteiger charge is -2.33. The zero-order valence-electron chi connectivity index (χ0n) is 17.3. The average Bonchev–Trinajstić information content (AvgIpc) is 2.54. The van der Waals surface area contributed by atoms with Gasteiger partial charge in [0, 0.05) is 13.1 Å². The van der Waals surface area contributed by atoms with Gasteiger partial charge in [-0.3, -0.25) is 0 Å². The van der Waals surface area contributed by atoms with Gasteiger partial charge in [0.05, 0.1) is 0 Å². The molecule has 2 rings (SSSR count). The van der Waals surface area contributed by atoms with Crippen molar-refractivity contribution in [2.24, 2.45) is 5.41 Å². The van der Waals surface area contributed by atoms with Gasteiger partial charge < -0.3 is 10.1 Å². The summed E-state index contributed by atoms with van der Waals surface area (Å²) in [4.78, 5) is 0. The lowest BCUT2D eigenvalue weighted by molar-refractivity contribution is 0.216. The summed E-state index contributed by atoms with van der Waals surface area (Å²) in [6.07, 6.45) is 1.28. The van der Waals surface area contributed by atoms with Gasteiger partial charge in [0.1, 0.15) is 11.9 Å². The van der Waals surface area contributed by atoms with Gasteiger partial charge in [-0.1, -0.05) is 77.1 Å². The van der Waals surface area contributed by atoms with Crippen LogP contribution in [-0.4, -0.2) is 12.6 Å². The maximum absolute atomic E-state index is 6.06. The molecule has 1 atom stereocenters. The Labute approximate surface area is 160 Å². The first-order valence-corrected chi connectivity index (χ1v) is 9.68. The minimum Gasteiger partial charge on any atom is -0.489 e. The van der Waals surface area contributed by atoms with E-state index in [0.29, 0.717) is 5.41 Å². The summed E-state index contributed by atoms with van der Waals surface area (Å²) >= 11 is 0. The van der Waals surface area contributed by atoms with Gasteiger partial charge in [0.2, 0.25) is 0 Å². The highest BCUT2D eigenvalue weighted by molar-refractivity contribution is 5.32. The first-order chi connectivity index (χ1) is 12.2. The molecule has 2 aromatic rings. The Morgan fingerprint density at radius 2 is 1.50 bits per heavy atom. The molecule has 0 fully saturated rings. The molecule has 2 aromatic carbocycles. The Hall–Kier alpha value is -1.80. The Kier molecular flexibility index (Phi) is 6.88. The number of nitrogens with one attached hydrogen (secondary N) is 1. The molecule has 0 saturated heterocycles. The van der Waals surface area contributed by atoms with E-state index in [1.165, 1.54) is 11.1 Å². The van der Waals surface area contributed by atoms with Crippen LogP contribution in [-0.2, 0) is 12.0 Å². The van der Waals surface area contributed by atoms with Crippen molar-refractivity contribution in [1.82, 2.24) is 5.32 Å². The zero-order valence-corrected chi connectivity index (χ0v) is 17.3. The molecule has 0 aromatic heterocycles. The molecule has 2 heteroatoms. The van der Waals surface area contributed by atoms with Gasteiger partial charge in [-0.25, -0.2) is 0 Å². The van der Waals surface area contributed by atoms with E-state index in [-0.39, 0.29) is 11.5 Å². The first kappa shape index (κ1) is 20.5. The summed E-state index contributed by atoms with van der Waals surface area (Å²) in [5.74, 6) is 0.939. The molecule has 0 saturated carbocycles. The molecule has 0 radical (unpaired) electrons. The number of hydrogen-bond donors (Lipinski definition) is 1. The maximum Gasteiger partial charge on any atom is 0.119 e. The van der Waals surface area contributed by atoms with Crippen molar-refractivity contribution < 1.29 is 4.74 Å². The maximum atomic E-state index is 6.06. The van der Waals surface area contributed by atoms with Crippen molar-refractivity contribution in [1.29, 1.82) is 0 Å². The molecule has 0 amide bonds. The van der Waals surface area contributed by atoms with Crippen LogP contribution in [0.1, 0.15) is 59.1 Å². The highest BCUT2D eigenvalue weighted by Gasteiger charge is 2.27. The predicted molar refractivity (Wildman–Crippen MR) is 112 cm³/mol. The summed E-state index contributed by atoms with van der Waals surface area (Å²) in [7, 11) is 0. The van der Waals surface area contributed by atoms with Crippen LogP contribution in [0, 0.1) is 5.41 Å². The van der Waals surface area contributed by atoms with Gasteiger partial charge in [-0.15, -0.1) is 0 Å². The molecule has 0 aliphatic rings. The summed E-state index contributed by atoms with van der Waals surface area (Å²) in [6.45, 7) is 15.4. The fourth-order valence-electron chi connectivity index (χ4n) is 3.70. The fraction of sp³-hybridized carbons (Fsp3) is 0.500. The highest BCUT2D eigenvalue weighted by atomic mass is 16.5. The molecule has 0 aliphatic carbocycles. The molecule has 0 spiro atoms. The van der Waals surface area contributed by atoms with Crippen LogP contribution in [0.15, 0.2) is 54.6 Å². The quantitative estimate of drug-likeness (QED) is 0.632. The summed E-state index contributed by atoms with van der Waals surface area (Å²) in [5.41, 5.74) is 3.15. The topological polar surface area (TPSA) is 21.3 Å². The third-order valence-corrected chi connectivity index (χ3v) is 4.55. The summed E-state index contributed by atoms with van der Waals surface area (Å²) < 4.78 is 6.06. The molecule has 0 heterocycles. The second-order valence-corrected chi connectivity index (χ2v) is 9.19. The van der Waals surface area contributed by atoms with E-state index in [4.69, 9.17) is 4.74 Å². The Balaban J connectivity index is 1.84. The minimum absolute atomic E-state index is 0.132. The van der Waals surface area contributed by atoms with E-state index in [1.54, 1.807) is 0 Å². The lowest BCUT2D eigenvalue weighted by atomic mass is 9.72. The third-order valence-electron chi connectivity index (χ3n) is 4.55. The Morgan fingerprint density at radius 1 is 0.885 bits per heavy atom. The molecule has 1 unspecified atom stereocenters. The number of benzene rings is 2. The van der Waals surface area contributed by atoms with E-state index in [1.807, 2.05) is 6.07 Å². The van der Waals surface area contributed by atoms with Crippen molar-refractivity contribution in [2.45, 2.75) is 66.0 Å². The molecular weight excluding hydrogens is 318 g/mol. The molecule has 26 heavy (non-hydrogen) atoms. The van der Waals surface area contributed by atoms with Gasteiger partial charge in [0.25, 0.3) is 0 Å². The van der Waals surface area contributed by atoms with E-state index < -0.39 is 0 Å². The van der Waals surface area contributed by atoms with E-state index in [0.717, 1.165) is 25.3 Å². The van der Waals surface area contributed by atoms with Gasteiger partial charge in [-0.05, 0) is 47.4 Å². The van der Waals surface area contributed by atoms with E-state index >= 15 is 0 Å². The van der Waals surface area contributed by atoms with Crippen molar-refractivity contribution in [3.8, 4) is 5.75 Å². The number of rotatable bonds is 8. The van der Waals surface area contributed by atoms with Gasteiger partial charge in [0.15, 0.2) is 0 Å². The number of ether oxygens (including phenoxy) is 1. The molecule has 0 bridgehead atoms. The van der Waals surface area contributed by atoms with Crippen molar-refractivity contribution in [3.05, 3.63) is 65.7 Å². The van der Waals surface area contributed by atoms with Crippen LogP contribution in [0.25, 0.3) is 0 Å². The van der Waals surface area contributed by atoms with Gasteiger partial charge in [-0.2, -0.15) is 0 Å². The van der Waals surface area contributed by atoms with Crippen molar-refractivity contribution in [3.63, 3.8) is 0 Å². The molecule has 142 valence electrons. The Morgan fingerprint density at radius 3 is 2.08 bits per heavy atom. The monoisotopic (exact) mass is 353 g/mol. The van der Waals surface area contributed by atoms with Crippen LogP contribution in [0.4, 0.5) is 0 Å². The summed E-state index contributed by atoms with van der Waals surface area (Å²) in [6, 6.07) is 19.1. The second kappa shape index (κ2) is 8.73. The van der Waals surface area contributed by atoms with Crippen molar-refractivity contribution in [2.75, 3.05) is 6.54 Å². The normalized spacial score (nSPS) is 13.5. The van der Waals surface area contributed by atoms with Crippen LogP contribution in [0.5, 0.6) is 5.75 Å². The van der Waals surface area contributed by atoms with E-state index in [9.17, 15) is 0 Å². The minimum atomic E-state index is 0.132. The first-order valence-electron chi connectivity index (χ1n) is 9.68. The highest BCUT2D eigenvalue weighted by Crippen LogP contribution is 2.36. The Bertz CT molecular complexity index is 653. The van der Waals surface area contributed by atoms with Crippen LogP contribution in [0.2, 0.25) is 0 Å². The molecule has 2 nitrogen and oxygen atoms in total. The van der Waals surface area contributed by atoms with Crippen LogP contribution < -0.4 is 10.1 Å². The van der Waals surface area contributed by atoms with Crippen LogP contribution in [0.3, 0.4) is 0 Å². The largest absolute Gasteiger partial charge is 0.489 e. The average molecular weight is 354 g/mol. The molecule has 0 aliphatic heterocycles. The van der Waals surface area contributed by atoms with E-state index in [2.05, 4.69) is 95.4 Å². The second-order valence-electron chi connectivity index (χ2n) is 9.19. The third kappa shape index (κ3) is 6.84. The molecule has 1 N–H and O–H groups in total. The SMILES string of the molecule is CC(CNCc1ccccc1)Oc1ccc(C(C)(C)CC(C)(C)C)cc1. The fourth-order valence-corrected chi connectivity index (χ4v) is 3.70. The number of hydrogen-bond acceptors (Lipinski definition) is 2. The lowest BCUT2D eigenvalue weighted by Crippen LogP contribution is -2.28. The zero-order chi connectivity index (χ0) is 19.2. The van der Waals surface area contributed by atoms with Crippen LogP contribution >= 0.6 is 0 Å². The summed E-state index contributed by atoms with van der Waals surface area (Å²) in [5, 5.41) is 3.46. The standard InChI is InChI=1S/C24H35NO/c1-19(16-25-17-20-10-8-7-9-11-20)26-22-14-12-21(13-15-22)24(5,6)18-23(2,3)4/h7-15,19,25H,16-18H2,1-6H3.